The number of aromatic nitrogens is 2. The van der Waals surface area contributed by atoms with Gasteiger partial charge in [0.1, 0.15) is 23.1 Å². The minimum Gasteiger partial charge on any atom is -0.491 e. The maximum atomic E-state index is 12.1. The zero-order valence-electron chi connectivity index (χ0n) is 22.6. The lowest BCUT2D eigenvalue weighted by Gasteiger charge is -2.22. The molecule has 4 rings (SSSR count). The van der Waals surface area contributed by atoms with Gasteiger partial charge in [0.25, 0.3) is 0 Å². The number of hydrogen-bond donors (Lipinski definition) is 0. The highest BCUT2D eigenvalue weighted by atomic mass is 32.2. The van der Waals surface area contributed by atoms with Gasteiger partial charge in [-0.3, -0.25) is 0 Å². The topological polar surface area (TPSA) is 118 Å². The molecule has 2 aromatic carbocycles. The number of rotatable bonds is 9. The van der Waals surface area contributed by atoms with Crippen molar-refractivity contribution in [3.63, 3.8) is 0 Å². The van der Waals surface area contributed by atoms with Crippen molar-refractivity contribution < 1.29 is 28.3 Å². The number of thioether (sulfide) groups is 1. The van der Waals surface area contributed by atoms with E-state index >= 15 is 0 Å². The van der Waals surface area contributed by atoms with Gasteiger partial charge in [-0.1, -0.05) is 11.1 Å². The van der Waals surface area contributed by atoms with E-state index in [1.54, 1.807) is 31.4 Å². The molecule has 1 saturated heterocycles. The molecule has 0 saturated carbocycles. The van der Waals surface area contributed by atoms with Crippen molar-refractivity contribution in [3.8, 4) is 29.5 Å². The van der Waals surface area contributed by atoms with E-state index in [0.29, 0.717) is 64.9 Å². The zero-order chi connectivity index (χ0) is 28.3. The highest BCUT2D eigenvalue weighted by Crippen LogP contribution is 2.25. The van der Waals surface area contributed by atoms with Gasteiger partial charge in [0.2, 0.25) is 11.7 Å². The average molecular weight is 563 g/mol. The highest BCUT2D eigenvalue weighted by Gasteiger charge is 2.17. The van der Waals surface area contributed by atoms with Gasteiger partial charge in [0.15, 0.2) is 6.29 Å². The normalized spacial score (nSPS) is 15.9. The second kappa shape index (κ2) is 14.4. The molecule has 11 heteroatoms. The molecule has 1 aliphatic heterocycles. The van der Waals surface area contributed by atoms with Crippen LogP contribution in [0.5, 0.6) is 5.75 Å². The Bertz CT molecular complexity index is 1400. The van der Waals surface area contributed by atoms with Crippen LogP contribution in [0.1, 0.15) is 36.3 Å². The van der Waals surface area contributed by atoms with E-state index in [1.165, 1.54) is 18.9 Å². The minimum atomic E-state index is -0.744. The Labute approximate surface area is 237 Å². The third-order valence-corrected chi connectivity index (χ3v) is 6.47. The number of ether oxygens (including phenoxy) is 4. The van der Waals surface area contributed by atoms with Crippen LogP contribution < -0.4 is 4.74 Å². The summed E-state index contributed by atoms with van der Waals surface area (Å²) < 4.78 is 27.2. The number of terminal acetylenes is 1. The van der Waals surface area contributed by atoms with E-state index < -0.39 is 6.09 Å². The van der Waals surface area contributed by atoms with Crippen LogP contribution in [0.2, 0.25) is 0 Å². The van der Waals surface area contributed by atoms with Crippen molar-refractivity contribution in [2.24, 2.45) is 9.98 Å². The van der Waals surface area contributed by atoms with Gasteiger partial charge in [0, 0.05) is 30.2 Å². The van der Waals surface area contributed by atoms with Gasteiger partial charge in [-0.15, -0.1) is 18.2 Å². The Kier molecular flexibility index (Phi) is 10.5. The molecule has 10 nitrogen and oxygen atoms in total. The predicted molar refractivity (Wildman–Crippen MR) is 153 cm³/mol. The van der Waals surface area contributed by atoms with E-state index in [4.69, 9.17) is 34.9 Å². The lowest BCUT2D eigenvalue weighted by atomic mass is 10.1. The molecule has 1 aliphatic rings. The van der Waals surface area contributed by atoms with Crippen LogP contribution in [-0.4, -0.2) is 66.5 Å². The third kappa shape index (κ3) is 8.02. The van der Waals surface area contributed by atoms with Crippen molar-refractivity contribution in [3.05, 3.63) is 59.5 Å². The summed E-state index contributed by atoms with van der Waals surface area (Å²) in [6.07, 6.45) is 9.64. The van der Waals surface area contributed by atoms with Gasteiger partial charge in [-0.25, -0.2) is 9.79 Å². The van der Waals surface area contributed by atoms with Crippen molar-refractivity contribution in [2.45, 2.75) is 32.5 Å². The number of amides is 1. The molecule has 1 unspecified atom stereocenters. The lowest BCUT2D eigenvalue weighted by molar-refractivity contribution is -0.165. The fourth-order valence-corrected chi connectivity index (χ4v) is 4.40. The first-order chi connectivity index (χ1) is 19.5. The summed E-state index contributed by atoms with van der Waals surface area (Å²) in [5.41, 5.74) is 3.02. The molecule has 0 aliphatic carbocycles. The van der Waals surface area contributed by atoms with Crippen molar-refractivity contribution in [1.82, 2.24) is 10.1 Å². The third-order valence-electron chi connectivity index (χ3n) is 5.80. The fraction of sp³-hybridized carbons (Fsp3) is 0.345. The Morgan fingerprint density at radius 3 is 2.67 bits per heavy atom. The number of methoxy groups -OCH3 is 1. The van der Waals surface area contributed by atoms with E-state index in [0.717, 1.165) is 24.8 Å². The Hall–Kier alpha value is -3.98. The monoisotopic (exact) mass is 562 g/mol. The molecule has 0 N–H and O–H groups in total. The number of benzene rings is 2. The van der Waals surface area contributed by atoms with E-state index in [1.807, 2.05) is 24.3 Å². The molecular weight excluding hydrogens is 532 g/mol. The summed E-state index contributed by atoms with van der Waals surface area (Å²) >= 11 is 1.25. The number of aliphatic imine (C=N–C) groups is 2. The second-order valence-electron chi connectivity index (χ2n) is 8.64. The number of carbonyl (C=O) groups excluding carboxylic acids is 1. The SMILES string of the molecule is C#Cc1cc(OCCOC2CCCCO2)cc(C(=Nc2ccc(-c3noc(C)n3)cc2)C(=NC(=O)OC)SC)c1. The lowest BCUT2D eigenvalue weighted by Crippen LogP contribution is -2.24. The molecule has 1 fully saturated rings. The number of carbonyl (C=O) groups is 1. The minimum absolute atomic E-state index is 0.196. The van der Waals surface area contributed by atoms with Gasteiger partial charge in [0.05, 0.1) is 19.4 Å². The Morgan fingerprint density at radius 1 is 1.20 bits per heavy atom. The molecule has 3 aromatic rings. The van der Waals surface area contributed by atoms with Crippen LogP contribution in [-0.2, 0) is 14.2 Å². The summed E-state index contributed by atoms with van der Waals surface area (Å²) in [6, 6.07) is 12.6. The molecule has 2 heterocycles. The zero-order valence-corrected chi connectivity index (χ0v) is 23.4. The molecule has 1 aromatic heterocycles. The standard InChI is InChI=1S/C29H30N4O6S/c1-5-20-16-22(18-24(17-20)36-14-15-38-25-8-6-7-13-37-25)26(28(40-4)32-29(34)35-3)31-23-11-9-21(10-12-23)27-30-19(2)39-33-27/h1,9-12,16-18,25H,6-8,13-15H2,2-4H3. The summed E-state index contributed by atoms with van der Waals surface area (Å²) in [6.45, 7) is 3.12. The Morgan fingerprint density at radius 2 is 2.02 bits per heavy atom. The molecule has 0 bridgehead atoms. The molecule has 1 atom stereocenters. The highest BCUT2D eigenvalue weighted by molar-refractivity contribution is 8.15. The quantitative estimate of drug-likeness (QED) is 0.142. The van der Waals surface area contributed by atoms with Crippen molar-refractivity contribution in [1.29, 1.82) is 0 Å². The molecule has 0 radical (unpaired) electrons. The van der Waals surface area contributed by atoms with Crippen LogP contribution in [0.3, 0.4) is 0 Å². The number of hydrogen-bond acceptors (Lipinski definition) is 10. The summed E-state index contributed by atoms with van der Waals surface area (Å²) in [5, 5.41) is 4.30. The maximum absolute atomic E-state index is 12.1. The molecule has 208 valence electrons. The summed E-state index contributed by atoms with van der Waals surface area (Å²) in [5.74, 6) is 4.15. The fourth-order valence-electron chi connectivity index (χ4n) is 3.87. The number of nitrogens with zero attached hydrogens (tertiary/aromatic N) is 4. The van der Waals surface area contributed by atoms with Crippen LogP contribution in [0, 0.1) is 19.3 Å². The van der Waals surface area contributed by atoms with Crippen molar-refractivity contribution in [2.75, 3.05) is 33.2 Å². The maximum Gasteiger partial charge on any atom is 0.434 e. The van der Waals surface area contributed by atoms with E-state index in [9.17, 15) is 4.79 Å². The van der Waals surface area contributed by atoms with Crippen LogP contribution in [0.25, 0.3) is 11.4 Å². The smallest absolute Gasteiger partial charge is 0.434 e. The Balaban J connectivity index is 1.63. The van der Waals surface area contributed by atoms with Gasteiger partial charge in [-0.05, 0) is 68.0 Å². The molecular formula is C29H30N4O6S. The van der Waals surface area contributed by atoms with Crippen LogP contribution in [0.15, 0.2) is 57.0 Å². The first kappa shape index (κ1) is 29.0. The average Bonchev–Trinajstić information content (AvgIpc) is 3.43. The first-order valence-corrected chi connectivity index (χ1v) is 13.9. The summed E-state index contributed by atoms with van der Waals surface area (Å²) in [4.78, 5) is 25.3. The molecule has 0 spiro atoms. The molecule has 1 amide bonds. The van der Waals surface area contributed by atoms with Crippen LogP contribution in [0.4, 0.5) is 10.5 Å². The number of aryl methyl sites for hydroxylation is 1. The van der Waals surface area contributed by atoms with E-state index in [-0.39, 0.29) is 6.29 Å². The second-order valence-corrected chi connectivity index (χ2v) is 9.44. The van der Waals surface area contributed by atoms with Gasteiger partial charge < -0.3 is 23.5 Å². The molecule has 40 heavy (non-hydrogen) atoms. The van der Waals surface area contributed by atoms with Crippen molar-refractivity contribution >= 4 is 34.3 Å². The predicted octanol–water partition coefficient (Wildman–Crippen LogP) is 5.60. The van der Waals surface area contributed by atoms with E-state index in [2.05, 4.69) is 21.1 Å². The van der Waals surface area contributed by atoms with Crippen LogP contribution >= 0.6 is 11.8 Å². The largest absolute Gasteiger partial charge is 0.491 e. The summed E-state index contributed by atoms with van der Waals surface area (Å²) in [7, 11) is 1.27. The van der Waals surface area contributed by atoms with Gasteiger partial charge in [-0.2, -0.15) is 9.98 Å². The van der Waals surface area contributed by atoms with Gasteiger partial charge >= 0.3 is 6.09 Å². The first-order valence-electron chi connectivity index (χ1n) is 12.7.